The third kappa shape index (κ3) is 4.84. The molecule has 0 saturated carbocycles. The van der Waals surface area contributed by atoms with Crippen molar-refractivity contribution in [2.75, 3.05) is 13.7 Å². The molecule has 2 aromatic rings. The van der Waals surface area contributed by atoms with Crippen molar-refractivity contribution in [1.29, 1.82) is 0 Å². The number of rotatable bonds is 7. The Bertz CT molecular complexity index is 664. The third-order valence-corrected chi connectivity index (χ3v) is 3.40. The molecule has 0 saturated heterocycles. The summed E-state index contributed by atoms with van der Waals surface area (Å²) in [4.78, 5) is 24.2. The van der Waals surface area contributed by atoms with Crippen molar-refractivity contribution in [3.63, 3.8) is 0 Å². The molecule has 0 aromatic heterocycles. The number of hydrogen-bond donors (Lipinski definition) is 0. The maximum absolute atomic E-state index is 12.4. The minimum absolute atomic E-state index is 0.0280. The SMILES string of the molecule is CCOC(=O)CC(OC(=O)c1ccc(OC)cc1)c1ccccc1. The second kappa shape index (κ2) is 8.72. The molecule has 2 rings (SSSR count). The van der Waals surface area contributed by atoms with Crippen molar-refractivity contribution in [2.24, 2.45) is 0 Å². The van der Waals surface area contributed by atoms with Gasteiger partial charge in [0.1, 0.15) is 11.9 Å². The van der Waals surface area contributed by atoms with Gasteiger partial charge in [0.05, 0.1) is 25.7 Å². The molecule has 1 atom stereocenters. The number of hydrogen-bond acceptors (Lipinski definition) is 5. The molecule has 1 unspecified atom stereocenters. The van der Waals surface area contributed by atoms with Crippen molar-refractivity contribution < 1.29 is 23.8 Å². The van der Waals surface area contributed by atoms with Crippen molar-refractivity contribution in [3.05, 3.63) is 65.7 Å². The number of esters is 2. The zero-order valence-electron chi connectivity index (χ0n) is 13.7. The van der Waals surface area contributed by atoms with E-state index in [2.05, 4.69) is 0 Å². The molecule has 0 radical (unpaired) electrons. The zero-order valence-corrected chi connectivity index (χ0v) is 13.7. The van der Waals surface area contributed by atoms with Crippen molar-refractivity contribution in [2.45, 2.75) is 19.4 Å². The lowest BCUT2D eigenvalue weighted by Gasteiger charge is -2.17. The highest BCUT2D eigenvalue weighted by molar-refractivity contribution is 5.90. The van der Waals surface area contributed by atoms with E-state index >= 15 is 0 Å². The maximum Gasteiger partial charge on any atom is 0.338 e. The summed E-state index contributed by atoms with van der Waals surface area (Å²) in [6.45, 7) is 2.02. The van der Waals surface area contributed by atoms with E-state index in [1.165, 1.54) is 0 Å². The van der Waals surface area contributed by atoms with Crippen LogP contribution in [-0.4, -0.2) is 25.7 Å². The molecule has 0 spiro atoms. The molecular weight excluding hydrogens is 308 g/mol. The summed E-state index contributed by atoms with van der Waals surface area (Å²) in [7, 11) is 1.55. The van der Waals surface area contributed by atoms with Crippen molar-refractivity contribution >= 4 is 11.9 Å². The fourth-order valence-electron chi connectivity index (χ4n) is 2.19. The van der Waals surface area contributed by atoms with Crippen LogP contribution in [0.4, 0.5) is 0 Å². The molecule has 0 aliphatic heterocycles. The van der Waals surface area contributed by atoms with Crippen LogP contribution >= 0.6 is 0 Å². The average molecular weight is 328 g/mol. The topological polar surface area (TPSA) is 61.8 Å². The summed E-state index contributed by atoms with van der Waals surface area (Å²) < 4.78 is 15.6. The summed E-state index contributed by atoms with van der Waals surface area (Å²) in [6.07, 6.45) is -0.723. The average Bonchev–Trinajstić information content (AvgIpc) is 2.62. The van der Waals surface area contributed by atoms with Gasteiger partial charge in [0.25, 0.3) is 0 Å². The molecule has 0 amide bonds. The maximum atomic E-state index is 12.4. The monoisotopic (exact) mass is 328 g/mol. The van der Waals surface area contributed by atoms with Gasteiger partial charge in [-0.3, -0.25) is 4.79 Å². The molecule has 0 bridgehead atoms. The minimum atomic E-state index is -0.695. The van der Waals surface area contributed by atoms with Gasteiger partial charge in [-0.15, -0.1) is 0 Å². The molecule has 0 N–H and O–H groups in total. The number of carbonyl (C=O) groups is 2. The van der Waals surface area contributed by atoms with E-state index in [0.717, 1.165) is 5.56 Å². The molecule has 2 aromatic carbocycles. The van der Waals surface area contributed by atoms with E-state index in [-0.39, 0.29) is 13.0 Å². The predicted octanol–water partition coefficient (Wildman–Crippen LogP) is 3.55. The molecular formula is C19H20O5. The first-order chi connectivity index (χ1) is 11.6. The summed E-state index contributed by atoms with van der Waals surface area (Å²) in [5.41, 5.74) is 1.13. The quantitative estimate of drug-likeness (QED) is 0.727. The Balaban J connectivity index is 2.14. The van der Waals surface area contributed by atoms with E-state index in [4.69, 9.17) is 14.2 Å². The number of benzene rings is 2. The highest BCUT2D eigenvalue weighted by atomic mass is 16.6. The van der Waals surface area contributed by atoms with Crippen LogP contribution in [0.15, 0.2) is 54.6 Å². The van der Waals surface area contributed by atoms with Crippen LogP contribution in [0.1, 0.15) is 35.4 Å². The van der Waals surface area contributed by atoms with Gasteiger partial charge in [-0.1, -0.05) is 30.3 Å². The van der Waals surface area contributed by atoms with E-state index in [1.54, 1.807) is 38.3 Å². The fraction of sp³-hybridized carbons (Fsp3) is 0.263. The van der Waals surface area contributed by atoms with Gasteiger partial charge in [-0.05, 0) is 36.8 Å². The summed E-state index contributed by atoms with van der Waals surface area (Å²) >= 11 is 0. The Hall–Kier alpha value is -2.82. The highest BCUT2D eigenvalue weighted by Crippen LogP contribution is 2.24. The Morgan fingerprint density at radius 3 is 2.25 bits per heavy atom. The van der Waals surface area contributed by atoms with Crippen LogP contribution in [0.2, 0.25) is 0 Å². The van der Waals surface area contributed by atoms with Gasteiger partial charge in [-0.25, -0.2) is 4.79 Å². The molecule has 0 aliphatic rings. The largest absolute Gasteiger partial charge is 0.497 e. The molecule has 5 nitrogen and oxygen atoms in total. The molecule has 0 heterocycles. The first kappa shape index (κ1) is 17.5. The predicted molar refractivity (Wildman–Crippen MR) is 88.8 cm³/mol. The first-order valence-electron chi connectivity index (χ1n) is 7.69. The van der Waals surface area contributed by atoms with E-state index < -0.39 is 18.0 Å². The minimum Gasteiger partial charge on any atom is -0.497 e. The Labute approximate surface area is 141 Å². The molecule has 24 heavy (non-hydrogen) atoms. The summed E-state index contributed by atoms with van der Waals surface area (Å²) in [6, 6.07) is 15.7. The van der Waals surface area contributed by atoms with Gasteiger partial charge >= 0.3 is 11.9 Å². The van der Waals surface area contributed by atoms with E-state index in [0.29, 0.717) is 11.3 Å². The molecule has 0 fully saturated rings. The lowest BCUT2D eigenvalue weighted by atomic mass is 10.1. The van der Waals surface area contributed by atoms with Crippen LogP contribution in [-0.2, 0) is 14.3 Å². The van der Waals surface area contributed by atoms with Crippen LogP contribution in [0.5, 0.6) is 5.75 Å². The second-order valence-electron chi connectivity index (χ2n) is 5.04. The molecule has 126 valence electrons. The van der Waals surface area contributed by atoms with Gasteiger partial charge in [0, 0.05) is 0 Å². The van der Waals surface area contributed by atoms with E-state index in [1.807, 2.05) is 30.3 Å². The van der Waals surface area contributed by atoms with Crippen LogP contribution in [0.3, 0.4) is 0 Å². The fourth-order valence-corrected chi connectivity index (χ4v) is 2.19. The number of methoxy groups -OCH3 is 1. The van der Waals surface area contributed by atoms with Crippen molar-refractivity contribution in [1.82, 2.24) is 0 Å². The van der Waals surface area contributed by atoms with Crippen LogP contribution in [0.25, 0.3) is 0 Å². The number of ether oxygens (including phenoxy) is 3. The van der Waals surface area contributed by atoms with Crippen LogP contribution < -0.4 is 4.74 Å². The standard InChI is InChI=1S/C19H20O5/c1-3-23-18(20)13-17(14-7-5-4-6-8-14)24-19(21)15-9-11-16(22-2)12-10-15/h4-12,17H,3,13H2,1-2H3. The van der Waals surface area contributed by atoms with Crippen LogP contribution in [0, 0.1) is 0 Å². The first-order valence-corrected chi connectivity index (χ1v) is 7.69. The van der Waals surface area contributed by atoms with Gasteiger partial charge in [0.15, 0.2) is 0 Å². The lowest BCUT2D eigenvalue weighted by molar-refractivity contribution is -0.145. The molecule has 5 heteroatoms. The smallest absolute Gasteiger partial charge is 0.338 e. The van der Waals surface area contributed by atoms with Gasteiger partial charge in [0.2, 0.25) is 0 Å². The van der Waals surface area contributed by atoms with E-state index in [9.17, 15) is 9.59 Å². The Kier molecular flexibility index (Phi) is 6.37. The van der Waals surface area contributed by atoms with Crippen molar-refractivity contribution in [3.8, 4) is 5.75 Å². The van der Waals surface area contributed by atoms with Gasteiger partial charge < -0.3 is 14.2 Å². The summed E-state index contributed by atoms with van der Waals surface area (Å²) in [5, 5.41) is 0. The highest BCUT2D eigenvalue weighted by Gasteiger charge is 2.22. The zero-order chi connectivity index (χ0) is 17.4. The summed E-state index contributed by atoms with van der Waals surface area (Å²) in [5.74, 6) is -0.262. The lowest BCUT2D eigenvalue weighted by Crippen LogP contribution is -2.17. The Morgan fingerprint density at radius 2 is 1.67 bits per heavy atom. The second-order valence-corrected chi connectivity index (χ2v) is 5.04. The Morgan fingerprint density at radius 1 is 1.00 bits per heavy atom. The molecule has 0 aliphatic carbocycles. The number of carbonyl (C=O) groups excluding carboxylic acids is 2. The van der Waals surface area contributed by atoms with Gasteiger partial charge in [-0.2, -0.15) is 0 Å². The normalized spacial score (nSPS) is 11.4. The third-order valence-electron chi connectivity index (χ3n) is 3.40.